The molecule has 0 saturated heterocycles. The van der Waals surface area contributed by atoms with Crippen molar-refractivity contribution in [2.45, 2.75) is 38.8 Å². The Balaban J connectivity index is 2.79. The van der Waals surface area contributed by atoms with E-state index >= 15 is 0 Å². The Kier molecular flexibility index (Phi) is 5.52. The summed E-state index contributed by atoms with van der Waals surface area (Å²) >= 11 is 0. The largest absolute Gasteiger partial charge is 0.481 e. The molecule has 1 heterocycles. The first kappa shape index (κ1) is 16.7. The Morgan fingerprint density at radius 1 is 1.43 bits per heavy atom. The average molecular weight is 295 g/mol. The van der Waals surface area contributed by atoms with Crippen molar-refractivity contribution in [2.75, 3.05) is 7.11 Å². The number of carbonyl (C=O) groups is 2. The molecule has 0 spiro atoms. The fraction of sp³-hybridized carbons (Fsp3) is 0.500. The quantitative estimate of drug-likeness (QED) is 0.843. The average Bonchev–Trinajstić information content (AvgIpc) is 2.36. The zero-order valence-corrected chi connectivity index (χ0v) is 12.7. The van der Waals surface area contributed by atoms with Crippen LogP contribution in [0.5, 0.6) is 5.88 Å². The third kappa shape index (κ3) is 5.68. The lowest BCUT2D eigenvalue weighted by atomic mass is 10.1. The highest BCUT2D eigenvalue weighted by molar-refractivity contribution is 5.84. The molecule has 7 heteroatoms. The lowest BCUT2D eigenvalue weighted by molar-refractivity contribution is -0.120. The van der Waals surface area contributed by atoms with Gasteiger partial charge in [-0.05, 0) is 26.8 Å². The summed E-state index contributed by atoms with van der Waals surface area (Å²) in [6.07, 6.45) is 1.04. The van der Waals surface area contributed by atoms with E-state index in [1.54, 1.807) is 39.1 Å². The zero-order chi connectivity index (χ0) is 16.0. The number of ether oxygens (including phenoxy) is 2. The van der Waals surface area contributed by atoms with Gasteiger partial charge in [-0.3, -0.25) is 4.79 Å². The maximum atomic E-state index is 11.7. The number of nitrogens with two attached hydrogens (primary N) is 1. The SMILES string of the molecule is COc1ncccc1CC(NC(=O)OC(C)(C)C)C(N)=O. The predicted octanol–water partition coefficient (Wildman–Crippen LogP) is 1.01. The molecule has 3 N–H and O–H groups in total. The smallest absolute Gasteiger partial charge is 0.408 e. The van der Waals surface area contributed by atoms with E-state index in [2.05, 4.69) is 10.3 Å². The van der Waals surface area contributed by atoms with Gasteiger partial charge in [-0.15, -0.1) is 0 Å². The van der Waals surface area contributed by atoms with Crippen LogP contribution in [0.15, 0.2) is 18.3 Å². The number of hydrogen-bond donors (Lipinski definition) is 2. The topological polar surface area (TPSA) is 104 Å². The van der Waals surface area contributed by atoms with Crippen LogP contribution in [0.2, 0.25) is 0 Å². The standard InChI is InChI=1S/C14H21N3O4/c1-14(2,3)21-13(19)17-10(11(15)18)8-9-6-5-7-16-12(9)20-4/h5-7,10H,8H2,1-4H3,(H2,15,18)(H,17,19). The Morgan fingerprint density at radius 2 is 2.10 bits per heavy atom. The van der Waals surface area contributed by atoms with Crippen molar-refractivity contribution in [1.29, 1.82) is 0 Å². The Morgan fingerprint density at radius 3 is 2.62 bits per heavy atom. The molecule has 1 aromatic rings. The molecule has 1 aromatic heterocycles. The highest BCUT2D eigenvalue weighted by atomic mass is 16.6. The Bertz CT molecular complexity index is 511. The van der Waals surface area contributed by atoms with Crippen LogP contribution in [0.4, 0.5) is 4.79 Å². The van der Waals surface area contributed by atoms with Crippen LogP contribution in [-0.2, 0) is 16.0 Å². The molecule has 0 saturated carbocycles. The van der Waals surface area contributed by atoms with Crippen LogP contribution in [0.1, 0.15) is 26.3 Å². The van der Waals surface area contributed by atoms with Crippen LogP contribution in [0.3, 0.4) is 0 Å². The van der Waals surface area contributed by atoms with Crippen molar-refractivity contribution >= 4 is 12.0 Å². The van der Waals surface area contributed by atoms with E-state index in [4.69, 9.17) is 15.2 Å². The van der Waals surface area contributed by atoms with Crippen molar-refractivity contribution in [3.05, 3.63) is 23.9 Å². The van der Waals surface area contributed by atoms with E-state index in [1.807, 2.05) is 0 Å². The van der Waals surface area contributed by atoms with Crippen LogP contribution in [0, 0.1) is 0 Å². The van der Waals surface area contributed by atoms with Crippen molar-refractivity contribution < 1.29 is 19.1 Å². The van der Waals surface area contributed by atoms with Crippen LogP contribution < -0.4 is 15.8 Å². The van der Waals surface area contributed by atoms with Gasteiger partial charge in [0, 0.05) is 18.2 Å². The third-order valence-corrected chi connectivity index (χ3v) is 2.50. The summed E-state index contributed by atoms with van der Waals surface area (Å²) in [5, 5.41) is 2.45. The number of amides is 2. The number of nitrogens with zero attached hydrogens (tertiary/aromatic N) is 1. The number of aromatic nitrogens is 1. The van der Waals surface area contributed by atoms with Crippen molar-refractivity contribution in [1.82, 2.24) is 10.3 Å². The minimum atomic E-state index is -0.905. The summed E-state index contributed by atoms with van der Waals surface area (Å²) in [5.74, 6) is -0.276. The zero-order valence-electron chi connectivity index (χ0n) is 12.7. The molecule has 1 unspecified atom stereocenters. The molecule has 2 amide bonds. The first-order chi connectivity index (χ1) is 9.73. The maximum absolute atomic E-state index is 11.7. The lowest BCUT2D eigenvalue weighted by Crippen LogP contribution is -2.47. The van der Waals surface area contributed by atoms with Gasteiger partial charge in [0.25, 0.3) is 0 Å². The molecular weight excluding hydrogens is 274 g/mol. The molecule has 7 nitrogen and oxygen atoms in total. The normalized spacial score (nSPS) is 12.4. The second-order valence-electron chi connectivity index (χ2n) is 5.48. The van der Waals surface area contributed by atoms with Crippen molar-refractivity contribution in [2.24, 2.45) is 5.73 Å². The Hall–Kier alpha value is -2.31. The number of nitrogens with one attached hydrogen (secondary N) is 1. The number of rotatable bonds is 5. The summed E-state index contributed by atoms with van der Waals surface area (Å²) in [6, 6.07) is 2.56. The van der Waals surface area contributed by atoms with Gasteiger partial charge in [-0.25, -0.2) is 9.78 Å². The number of pyridine rings is 1. The van der Waals surface area contributed by atoms with E-state index in [0.29, 0.717) is 11.4 Å². The Labute approximate surface area is 123 Å². The third-order valence-electron chi connectivity index (χ3n) is 2.50. The van der Waals surface area contributed by atoms with E-state index in [0.717, 1.165) is 0 Å². The highest BCUT2D eigenvalue weighted by Gasteiger charge is 2.24. The molecular formula is C14H21N3O4. The van der Waals surface area contributed by atoms with E-state index in [9.17, 15) is 9.59 Å². The number of alkyl carbamates (subject to hydrolysis) is 1. The lowest BCUT2D eigenvalue weighted by Gasteiger charge is -2.22. The fourth-order valence-corrected chi connectivity index (χ4v) is 1.66. The number of primary amides is 1. The molecule has 1 atom stereocenters. The highest BCUT2D eigenvalue weighted by Crippen LogP contribution is 2.16. The first-order valence-corrected chi connectivity index (χ1v) is 6.49. The van der Waals surface area contributed by atoms with Gasteiger partial charge in [-0.1, -0.05) is 6.07 Å². The summed E-state index contributed by atoms with van der Waals surface area (Å²) in [5.41, 5.74) is 5.33. The molecule has 0 aliphatic heterocycles. The van der Waals surface area contributed by atoms with Gasteiger partial charge < -0.3 is 20.5 Å². The first-order valence-electron chi connectivity index (χ1n) is 6.49. The van der Waals surface area contributed by atoms with Gasteiger partial charge >= 0.3 is 6.09 Å². The van der Waals surface area contributed by atoms with Gasteiger partial charge in [0.15, 0.2) is 0 Å². The second kappa shape index (κ2) is 6.92. The van der Waals surface area contributed by atoms with Crippen LogP contribution in [-0.4, -0.2) is 35.7 Å². The second-order valence-corrected chi connectivity index (χ2v) is 5.48. The summed E-state index contributed by atoms with van der Waals surface area (Å²) < 4.78 is 10.2. The van der Waals surface area contributed by atoms with Crippen LogP contribution in [0.25, 0.3) is 0 Å². The summed E-state index contributed by atoms with van der Waals surface area (Å²) in [4.78, 5) is 27.3. The molecule has 0 radical (unpaired) electrons. The van der Waals surface area contributed by atoms with Crippen LogP contribution >= 0.6 is 0 Å². The van der Waals surface area contributed by atoms with Crippen molar-refractivity contribution in [3.63, 3.8) is 0 Å². The van der Waals surface area contributed by atoms with Crippen molar-refractivity contribution in [3.8, 4) is 5.88 Å². The molecule has 116 valence electrons. The molecule has 1 rings (SSSR count). The van der Waals surface area contributed by atoms with Gasteiger partial charge in [0.1, 0.15) is 11.6 Å². The van der Waals surface area contributed by atoms with E-state index in [-0.39, 0.29) is 6.42 Å². The molecule has 0 aliphatic rings. The molecule has 0 fully saturated rings. The minimum absolute atomic E-state index is 0.172. The molecule has 0 bridgehead atoms. The summed E-state index contributed by atoms with van der Waals surface area (Å²) in [6.45, 7) is 5.20. The number of hydrogen-bond acceptors (Lipinski definition) is 5. The van der Waals surface area contributed by atoms with Gasteiger partial charge in [0.2, 0.25) is 11.8 Å². The number of methoxy groups -OCH3 is 1. The maximum Gasteiger partial charge on any atom is 0.408 e. The van der Waals surface area contributed by atoms with E-state index < -0.39 is 23.6 Å². The molecule has 21 heavy (non-hydrogen) atoms. The van der Waals surface area contributed by atoms with Gasteiger partial charge in [-0.2, -0.15) is 0 Å². The summed E-state index contributed by atoms with van der Waals surface area (Å²) in [7, 11) is 1.48. The fourth-order valence-electron chi connectivity index (χ4n) is 1.66. The predicted molar refractivity (Wildman–Crippen MR) is 76.8 cm³/mol. The number of carbonyl (C=O) groups excluding carboxylic acids is 2. The minimum Gasteiger partial charge on any atom is -0.481 e. The monoisotopic (exact) mass is 295 g/mol. The van der Waals surface area contributed by atoms with Gasteiger partial charge in [0.05, 0.1) is 7.11 Å². The van der Waals surface area contributed by atoms with E-state index in [1.165, 1.54) is 7.11 Å². The molecule has 0 aromatic carbocycles. The molecule has 0 aliphatic carbocycles.